The van der Waals surface area contributed by atoms with Gasteiger partial charge < -0.3 is 9.64 Å². The summed E-state index contributed by atoms with van der Waals surface area (Å²) in [5.74, 6) is 0.511. The number of aromatic nitrogens is 1. The summed E-state index contributed by atoms with van der Waals surface area (Å²) < 4.78 is 5.02. The normalized spacial score (nSPS) is 14.8. The number of ether oxygens (including phenoxy) is 1. The van der Waals surface area contributed by atoms with Gasteiger partial charge in [0.2, 0.25) is 5.88 Å². The molecule has 1 aliphatic heterocycles. The van der Waals surface area contributed by atoms with E-state index in [0.717, 1.165) is 19.6 Å². The smallest absolute Gasteiger partial charge is 0.255 e. The maximum Gasteiger partial charge on any atom is 0.255 e. The van der Waals surface area contributed by atoms with Crippen molar-refractivity contribution < 1.29 is 9.53 Å². The molecule has 25 heavy (non-hydrogen) atoms. The molecule has 6 heteroatoms. The van der Waals surface area contributed by atoms with E-state index in [1.54, 1.807) is 25.4 Å². The Morgan fingerprint density at radius 1 is 1.16 bits per heavy atom. The zero-order valence-electron chi connectivity index (χ0n) is 14.2. The van der Waals surface area contributed by atoms with Crippen molar-refractivity contribution >= 4 is 5.91 Å². The Kier molecular flexibility index (Phi) is 5.26. The minimum absolute atomic E-state index is 0.00757. The number of piperazine rings is 1. The summed E-state index contributed by atoms with van der Waals surface area (Å²) in [4.78, 5) is 20.8. The molecule has 0 atom stereocenters. The molecule has 2 heterocycles. The first-order valence-electron chi connectivity index (χ1n) is 8.20. The Bertz CT molecular complexity index is 758. The predicted octanol–water partition coefficient (Wildman–Crippen LogP) is 1.92. The first-order chi connectivity index (χ1) is 12.2. The van der Waals surface area contributed by atoms with Crippen LogP contribution in [0.25, 0.3) is 0 Å². The lowest BCUT2D eigenvalue weighted by atomic mass is 10.1. The number of carbonyl (C=O) groups excluding carboxylic acids is 1. The van der Waals surface area contributed by atoms with Crippen molar-refractivity contribution in [2.45, 2.75) is 6.54 Å². The molecule has 1 aliphatic rings. The molecular weight excluding hydrogens is 316 g/mol. The molecule has 1 amide bonds. The van der Waals surface area contributed by atoms with E-state index >= 15 is 0 Å². The van der Waals surface area contributed by atoms with Crippen LogP contribution in [0, 0.1) is 11.3 Å². The van der Waals surface area contributed by atoms with Crippen LogP contribution in [-0.2, 0) is 6.54 Å². The fourth-order valence-electron chi connectivity index (χ4n) is 2.86. The molecule has 0 aliphatic carbocycles. The van der Waals surface area contributed by atoms with E-state index in [9.17, 15) is 4.79 Å². The second-order valence-corrected chi connectivity index (χ2v) is 5.97. The highest BCUT2D eigenvalue weighted by Gasteiger charge is 2.22. The fourth-order valence-corrected chi connectivity index (χ4v) is 2.86. The van der Waals surface area contributed by atoms with E-state index in [1.807, 2.05) is 29.2 Å². The van der Waals surface area contributed by atoms with E-state index in [0.29, 0.717) is 30.1 Å². The monoisotopic (exact) mass is 336 g/mol. The van der Waals surface area contributed by atoms with Crippen molar-refractivity contribution in [1.82, 2.24) is 14.8 Å². The number of nitrogens with zero attached hydrogens (tertiary/aromatic N) is 4. The molecular formula is C19H20N4O2. The van der Waals surface area contributed by atoms with Crippen molar-refractivity contribution in [2.75, 3.05) is 33.3 Å². The predicted molar refractivity (Wildman–Crippen MR) is 93.1 cm³/mol. The SMILES string of the molecule is COc1ccc(C(=O)N2CCN(Cc3ccc(C#N)cc3)CC2)cn1. The first-order valence-corrected chi connectivity index (χ1v) is 8.20. The number of rotatable bonds is 4. The van der Waals surface area contributed by atoms with Gasteiger partial charge in [0.05, 0.1) is 24.3 Å². The Hall–Kier alpha value is -2.91. The zero-order chi connectivity index (χ0) is 17.6. The second-order valence-electron chi connectivity index (χ2n) is 5.97. The number of hydrogen-bond donors (Lipinski definition) is 0. The second kappa shape index (κ2) is 7.77. The number of nitriles is 1. The van der Waals surface area contributed by atoms with Crippen LogP contribution in [0.1, 0.15) is 21.5 Å². The van der Waals surface area contributed by atoms with Crippen molar-refractivity contribution in [3.8, 4) is 11.9 Å². The first kappa shape index (κ1) is 16.9. The Morgan fingerprint density at radius 2 is 1.88 bits per heavy atom. The van der Waals surface area contributed by atoms with E-state index < -0.39 is 0 Å². The zero-order valence-corrected chi connectivity index (χ0v) is 14.2. The molecule has 6 nitrogen and oxygen atoms in total. The number of methoxy groups -OCH3 is 1. The molecule has 1 aromatic carbocycles. The topological polar surface area (TPSA) is 69.5 Å². The van der Waals surface area contributed by atoms with Gasteiger partial charge in [0.15, 0.2) is 0 Å². The van der Waals surface area contributed by atoms with E-state index in [2.05, 4.69) is 16.0 Å². The van der Waals surface area contributed by atoms with Gasteiger partial charge in [0, 0.05) is 45.0 Å². The summed E-state index contributed by atoms with van der Waals surface area (Å²) in [5.41, 5.74) is 2.44. The van der Waals surface area contributed by atoms with Crippen LogP contribution < -0.4 is 4.74 Å². The van der Waals surface area contributed by atoms with Crippen LogP contribution in [0.2, 0.25) is 0 Å². The number of benzene rings is 1. The van der Waals surface area contributed by atoms with Gasteiger partial charge in [-0.05, 0) is 23.8 Å². The third kappa shape index (κ3) is 4.14. The third-order valence-corrected chi connectivity index (χ3v) is 4.34. The van der Waals surface area contributed by atoms with Gasteiger partial charge in [-0.3, -0.25) is 9.69 Å². The Balaban J connectivity index is 1.53. The molecule has 128 valence electrons. The lowest BCUT2D eigenvalue weighted by molar-refractivity contribution is 0.0628. The van der Waals surface area contributed by atoms with Crippen LogP contribution in [0.4, 0.5) is 0 Å². The number of amides is 1. The summed E-state index contributed by atoms with van der Waals surface area (Å²) in [7, 11) is 1.55. The van der Waals surface area contributed by atoms with Crippen molar-refractivity contribution in [1.29, 1.82) is 5.26 Å². The van der Waals surface area contributed by atoms with E-state index in [-0.39, 0.29) is 5.91 Å². The van der Waals surface area contributed by atoms with Crippen molar-refractivity contribution in [3.05, 3.63) is 59.3 Å². The molecule has 0 spiro atoms. The van der Waals surface area contributed by atoms with Gasteiger partial charge in [0.1, 0.15) is 0 Å². The maximum absolute atomic E-state index is 12.5. The van der Waals surface area contributed by atoms with Crippen LogP contribution in [0.15, 0.2) is 42.6 Å². The van der Waals surface area contributed by atoms with Crippen LogP contribution in [-0.4, -0.2) is 54.0 Å². The fraction of sp³-hybridized carbons (Fsp3) is 0.316. The van der Waals surface area contributed by atoms with E-state index in [1.165, 1.54) is 5.56 Å². The standard InChI is InChI=1S/C19H20N4O2/c1-25-18-7-6-17(13-21-18)19(24)23-10-8-22(9-11-23)14-16-4-2-15(12-20)3-5-16/h2-7,13H,8-11,14H2,1H3. The highest BCUT2D eigenvalue weighted by molar-refractivity contribution is 5.94. The number of pyridine rings is 1. The summed E-state index contributed by atoms with van der Waals surface area (Å²) in [5, 5.41) is 8.85. The van der Waals surface area contributed by atoms with Crippen molar-refractivity contribution in [3.63, 3.8) is 0 Å². The summed E-state index contributed by atoms with van der Waals surface area (Å²) in [6.07, 6.45) is 1.56. The highest BCUT2D eigenvalue weighted by atomic mass is 16.5. The number of carbonyl (C=O) groups is 1. The summed E-state index contributed by atoms with van der Waals surface area (Å²) in [6.45, 7) is 3.88. The van der Waals surface area contributed by atoms with Gasteiger partial charge in [-0.1, -0.05) is 12.1 Å². The molecule has 1 aromatic heterocycles. The Labute approximate surface area is 147 Å². The molecule has 0 saturated carbocycles. The van der Waals surface area contributed by atoms with Gasteiger partial charge in [0.25, 0.3) is 5.91 Å². The lowest BCUT2D eigenvalue weighted by Crippen LogP contribution is -2.48. The summed E-state index contributed by atoms with van der Waals surface area (Å²) in [6, 6.07) is 13.2. The largest absolute Gasteiger partial charge is 0.481 e. The van der Waals surface area contributed by atoms with Gasteiger partial charge in [-0.15, -0.1) is 0 Å². The van der Waals surface area contributed by atoms with Gasteiger partial charge in [-0.25, -0.2) is 4.98 Å². The lowest BCUT2D eigenvalue weighted by Gasteiger charge is -2.34. The van der Waals surface area contributed by atoms with Crippen LogP contribution in [0.5, 0.6) is 5.88 Å². The molecule has 0 bridgehead atoms. The van der Waals surface area contributed by atoms with Crippen molar-refractivity contribution in [2.24, 2.45) is 0 Å². The molecule has 0 unspecified atom stereocenters. The average molecular weight is 336 g/mol. The Morgan fingerprint density at radius 3 is 2.44 bits per heavy atom. The third-order valence-electron chi connectivity index (χ3n) is 4.34. The maximum atomic E-state index is 12.5. The van der Waals surface area contributed by atoms with E-state index in [4.69, 9.17) is 10.00 Å². The molecule has 3 rings (SSSR count). The quantitative estimate of drug-likeness (QED) is 0.853. The molecule has 1 saturated heterocycles. The average Bonchev–Trinajstić information content (AvgIpc) is 2.69. The highest BCUT2D eigenvalue weighted by Crippen LogP contribution is 2.13. The summed E-state index contributed by atoms with van der Waals surface area (Å²) >= 11 is 0. The molecule has 0 N–H and O–H groups in total. The molecule has 0 radical (unpaired) electrons. The van der Waals surface area contributed by atoms with Gasteiger partial charge in [-0.2, -0.15) is 5.26 Å². The number of hydrogen-bond acceptors (Lipinski definition) is 5. The minimum Gasteiger partial charge on any atom is -0.481 e. The molecule has 2 aromatic rings. The van der Waals surface area contributed by atoms with Crippen LogP contribution >= 0.6 is 0 Å². The molecule has 1 fully saturated rings. The minimum atomic E-state index is 0.00757. The van der Waals surface area contributed by atoms with Crippen LogP contribution in [0.3, 0.4) is 0 Å². The van der Waals surface area contributed by atoms with Gasteiger partial charge >= 0.3 is 0 Å².